The first-order valence-corrected chi connectivity index (χ1v) is 8.32. The van der Waals surface area contributed by atoms with Crippen LogP contribution >= 0.6 is 0 Å². The summed E-state index contributed by atoms with van der Waals surface area (Å²) < 4.78 is 0. The number of carbonyl (C=O) groups excluding carboxylic acids is 1. The van der Waals surface area contributed by atoms with Gasteiger partial charge in [0.25, 0.3) is 0 Å². The van der Waals surface area contributed by atoms with Crippen molar-refractivity contribution in [1.29, 1.82) is 0 Å². The summed E-state index contributed by atoms with van der Waals surface area (Å²) in [7, 11) is 4.28. The molecule has 1 amide bonds. The summed E-state index contributed by atoms with van der Waals surface area (Å²) in [5, 5.41) is 3.25. The SMILES string of the molecule is C[NH+](C)CCNC(=O)C12CC3C[C@@](C)(C1)C[C@](C)(C3)C2. The first kappa shape index (κ1) is 14.4. The second-order valence-corrected chi connectivity index (χ2v) is 9.12. The zero-order valence-electron chi connectivity index (χ0n) is 13.6. The van der Waals surface area contributed by atoms with Gasteiger partial charge in [-0.15, -0.1) is 0 Å². The predicted molar refractivity (Wildman–Crippen MR) is 80.5 cm³/mol. The van der Waals surface area contributed by atoms with Crippen molar-refractivity contribution < 1.29 is 9.69 Å². The van der Waals surface area contributed by atoms with E-state index in [-0.39, 0.29) is 5.41 Å². The molecule has 0 aromatic heterocycles. The maximum absolute atomic E-state index is 12.8. The van der Waals surface area contributed by atoms with E-state index in [1.54, 1.807) is 0 Å². The third-order valence-corrected chi connectivity index (χ3v) is 6.02. The first-order chi connectivity index (χ1) is 9.24. The Bertz CT molecular complexity index is 399. The minimum atomic E-state index is -0.0371. The largest absolute Gasteiger partial charge is 0.350 e. The molecule has 0 heterocycles. The molecular formula is C17H31N2O+. The summed E-state index contributed by atoms with van der Waals surface area (Å²) in [4.78, 5) is 14.2. The Labute approximate surface area is 123 Å². The molecule has 4 aliphatic rings. The van der Waals surface area contributed by atoms with Gasteiger partial charge in [0.15, 0.2) is 0 Å². The molecule has 4 bridgehead atoms. The lowest BCUT2D eigenvalue weighted by atomic mass is 9.40. The van der Waals surface area contributed by atoms with Crippen LogP contribution in [0.25, 0.3) is 0 Å². The van der Waals surface area contributed by atoms with E-state index < -0.39 is 0 Å². The fourth-order valence-corrected chi connectivity index (χ4v) is 6.31. The van der Waals surface area contributed by atoms with Crippen LogP contribution in [0.2, 0.25) is 0 Å². The van der Waals surface area contributed by atoms with Gasteiger partial charge in [-0.1, -0.05) is 13.8 Å². The zero-order valence-corrected chi connectivity index (χ0v) is 13.6. The van der Waals surface area contributed by atoms with Gasteiger partial charge in [0.2, 0.25) is 5.91 Å². The molecule has 2 unspecified atom stereocenters. The van der Waals surface area contributed by atoms with Crippen molar-refractivity contribution in [3.63, 3.8) is 0 Å². The molecule has 20 heavy (non-hydrogen) atoms. The fraction of sp³-hybridized carbons (Fsp3) is 0.941. The van der Waals surface area contributed by atoms with Gasteiger partial charge in [-0.05, 0) is 55.3 Å². The summed E-state index contributed by atoms with van der Waals surface area (Å²) in [5.41, 5.74) is 0.821. The minimum absolute atomic E-state index is 0.0371. The molecule has 4 aliphatic carbocycles. The van der Waals surface area contributed by atoms with Crippen LogP contribution in [-0.4, -0.2) is 33.1 Å². The van der Waals surface area contributed by atoms with E-state index in [4.69, 9.17) is 0 Å². The van der Waals surface area contributed by atoms with Crippen molar-refractivity contribution in [3.8, 4) is 0 Å². The van der Waals surface area contributed by atoms with Gasteiger partial charge in [0, 0.05) is 0 Å². The Kier molecular flexibility index (Phi) is 3.20. The predicted octanol–water partition coefficient (Wildman–Crippen LogP) is 1.24. The lowest BCUT2D eigenvalue weighted by Gasteiger charge is -2.64. The molecule has 0 saturated heterocycles. The number of quaternary nitrogens is 1. The number of hydrogen-bond donors (Lipinski definition) is 2. The maximum Gasteiger partial charge on any atom is 0.226 e. The van der Waals surface area contributed by atoms with Crippen molar-refractivity contribution >= 4 is 5.91 Å². The molecule has 0 spiro atoms. The average Bonchev–Trinajstić information content (AvgIpc) is 2.22. The van der Waals surface area contributed by atoms with E-state index in [1.165, 1.54) is 24.2 Å². The van der Waals surface area contributed by atoms with Gasteiger partial charge in [-0.3, -0.25) is 4.79 Å². The number of nitrogens with one attached hydrogen (secondary N) is 2. The topological polar surface area (TPSA) is 33.5 Å². The van der Waals surface area contributed by atoms with Crippen molar-refractivity contribution in [3.05, 3.63) is 0 Å². The van der Waals surface area contributed by atoms with E-state index in [2.05, 4.69) is 33.3 Å². The van der Waals surface area contributed by atoms with Crippen LogP contribution in [0.1, 0.15) is 52.4 Å². The van der Waals surface area contributed by atoms with Crippen LogP contribution in [0.15, 0.2) is 0 Å². The van der Waals surface area contributed by atoms with Gasteiger partial charge >= 0.3 is 0 Å². The van der Waals surface area contributed by atoms with Crippen LogP contribution in [0.3, 0.4) is 0 Å². The second kappa shape index (κ2) is 4.46. The molecular weight excluding hydrogens is 248 g/mol. The Morgan fingerprint density at radius 1 is 1.10 bits per heavy atom. The minimum Gasteiger partial charge on any atom is -0.350 e. The summed E-state index contributed by atoms with van der Waals surface area (Å²) in [6.07, 6.45) is 7.48. The van der Waals surface area contributed by atoms with Gasteiger partial charge in [-0.2, -0.15) is 0 Å². The molecule has 2 N–H and O–H groups in total. The summed E-state index contributed by atoms with van der Waals surface area (Å²) in [5.74, 6) is 1.16. The fourth-order valence-electron chi connectivity index (χ4n) is 6.31. The molecule has 4 rings (SSSR count). The standard InChI is InChI=1S/C17H30N2O/c1-15-7-13-8-16(2,10-15)12-17(9-13,11-15)14(20)18-5-6-19(3)4/h13H,5-12H2,1-4H3,(H,18,20)/p+1/t13?,15-,16+,17?. The Hall–Kier alpha value is -0.570. The number of amides is 1. The van der Waals surface area contributed by atoms with Crippen molar-refractivity contribution in [2.45, 2.75) is 52.4 Å². The summed E-state index contributed by atoms with van der Waals surface area (Å²) in [6.45, 7) is 6.70. The van der Waals surface area contributed by atoms with Gasteiger partial charge in [-0.25, -0.2) is 0 Å². The molecule has 4 fully saturated rings. The monoisotopic (exact) mass is 279 g/mol. The lowest BCUT2D eigenvalue weighted by Crippen LogP contribution is -3.06. The number of hydrogen-bond acceptors (Lipinski definition) is 1. The first-order valence-electron chi connectivity index (χ1n) is 8.32. The highest BCUT2D eigenvalue weighted by Gasteiger charge is 2.62. The third kappa shape index (κ3) is 2.38. The Morgan fingerprint density at radius 3 is 2.20 bits per heavy atom. The highest BCUT2D eigenvalue weighted by molar-refractivity contribution is 5.83. The highest BCUT2D eigenvalue weighted by atomic mass is 16.2. The van der Waals surface area contributed by atoms with Crippen molar-refractivity contribution in [2.75, 3.05) is 27.2 Å². The molecule has 4 saturated carbocycles. The highest BCUT2D eigenvalue weighted by Crippen LogP contribution is 2.69. The van der Waals surface area contributed by atoms with Crippen LogP contribution in [0, 0.1) is 22.2 Å². The van der Waals surface area contributed by atoms with E-state index in [0.29, 0.717) is 16.7 Å². The van der Waals surface area contributed by atoms with E-state index in [9.17, 15) is 4.79 Å². The number of likely N-dealkylation sites (N-methyl/N-ethyl adjacent to an activating group) is 1. The molecule has 4 atom stereocenters. The van der Waals surface area contributed by atoms with Crippen LogP contribution < -0.4 is 10.2 Å². The molecule has 0 aromatic rings. The maximum atomic E-state index is 12.8. The normalized spacial score (nSPS) is 46.0. The van der Waals surface area contributed by atoms with Crippen molar-refractivity contribution in [2.24, 2.45) is 22.2 Å². The Morgan fingerprint density at radius 2 is 1.70 bits per heavy atom. The van der Waals surface area contributed by atoms with E-state index >= 15 is 0 Å². The Balaban J connectivity index is 1.73. The molecule has 0 radical (unpaired) electrons. The molecule has 0 aromatic carbocycles. The van der Waals surface area contributed by atoms with Gasteiger partial charge < -0.3 is 10.2 Å². The van der Waals surface area contributed by atoms with Crippen molar-refractivity contribution in [1.82, 2.24) is 5.32 Å². The van der Waals surface area contributed by atoms with E-state index in [1.807, 2.05) is 0 Å². The van der Waals surface area contributed by atoms with E-state index in [0.717, 1.165) is 38.3 Å². The second-order valence-electron chi connectivity index (χ2n) is 9.12. The molecule has 114 valence electrons. The quantitative estimate of drug-likeness (QED) is 0.798. The zero-order chi connectivity index (χ0) is 14.6. The summed E-state index contributed by atoms with van der Waals surface area (Å²) >= 11 is 0. The lowest BCUT2D eigenvalue weighted by molar-refractivity contribution is -0.856. The molecule has 3 nitrogen and oxygen atoms in total. The molecule has 0 aliphatic heterocycles. The summed E-state index contributed by atoms with van der Waals surface area (Å²) in [6, 6.07) is 0. The number of rotatable bonds is 4. The third-order valence-electron chi connectivity index (χ3n) is 6.02. The average molecular weight is 279 g/mol. The number of carbonyl (C=O) groups is 1. The smallest absolute Gasteiger partial charge is 0.226 e. The van der Waals surface area contributed by atoms with Gasteiger partial charge in [0.05, 0.1) is 32.6 Å². The molecule has 3 heteroatoms. The van der Waals surface area contributed by atoms with Gasteiger partial charge in [0.1, 0.15) is 0 Å². The van der Waals surface area contributed by atoms with Crippen LogP contribution in [0.4, 0.5) is 0 Å². The van der Waals surface area contributed by atoms with Crippen LogP contribution in [0.5, 0.6) is 0 Å². The van der Waals surface area contributed by atoms with Crippen LogP contribution in [-0.2, 0) is 4.79 Å².